The summed E-state index contributed by atoms with van der Waals surface area (Å²) in [5, 5.41) is 4.85. The minimum absolute atomic E-state index is 0.615. The van der Waals surface area contributed by atoms with Gasteiger partial charge in [0.05, 0.1) is 0 Å². The average molecular weight is 654 g/mol. The van der Waals surface area contributed by atoms with Crippen LogP contribution in [-0.2, 0) is 0 Å². The first-order valence-corrected chi connectivity index (χ1v) is 17.0. The molecule has 0 spiro atoms. The van der Waals surface area contributed by atoms with E-state index in [1.165, 1.54) is 21.5 Å². The van der Waals surface area contributed by atoms with Gasteiger partial charge in [0.25, 0.3) is 0 Å². The number of fused-ring (bicyclic) bond motifs is 3. The van der Waals surface area contributed by atoms with Crippen LogP contribution in [0.5, 0.6) is 0 Å². The molecule has 9 rings (SSSR count). The molecule has 240 valence electrons. The number of aromatic nitrogens is 5. The maximum atomic E-state index is 5.11. The SMILES string of the molecule is Cc1ncc(-c2ccc(-c3cc(-c4nc(-c5ccccc5)nc(-c5ccccc5)n4)cc(-c4cc5ccccc5c5ccccc45)c3)cc2)cn1. The van der Waals surface area contributed by atoms with Crippen molar-refractivity contribution in [2.24, 2.45) is 0 Å². The summed E-state index contributed by atoms with van der Waals surface area (Å²) in [6.45, 7) is 1.90. The van der Waals surface area contributed by atoms with Crippen molar-refractivity contribution in [2.45, 2.75) is 6.92 Å². The zero-order valence-electron chi connectivity index (χ0n) is 27.9. The lowest BCUT2D eigenvalue weighted by Gasteiger charge is -2.15. The van der Waals surface area contributed by atoms with Crippen LogP contribution in [0.15, 0.2) is 170 Å². The van der Waals surface area contributed by atoms with Crippen LogP contribution in [0.2, 0.25) is 0 Å². The van der Waals surface area contributed by atoms with Gasteiger partial charge in [0.15, 0.2) is 17.5 Å². The van der Waals surface area contributed by atoms with Crippen LogP contribution in [0, 0.1) is 6.92 Å². The van der Waals surface area contributed by atoms with Gasteiger partial charge in [-0.3, -0.25) is 0 Å². The number of hydrogen-bond acceptors (Lipinski definition) is 5. The van der Waals surface area contributed by atoms with E-state index < -0.39 is 0 Å². The van der Waals surface area contributed by atoms with Crippen molar-refractivity contribution in [2.75, 3.05) is 0 Å². The van der Waals surface area contributed by atoms with E-state index in [1.807, 2.05) is 80.0 Å². The molecule has 2 heterocycles. The molecule has 2 aromatic heterocycles. The van der Waals surface area contributed by atoms with Crippen LogP contribution in [-0.4, -0.2) is 24.9 Å². The number of rotatable bonds is 6. The van der Waals surface area contributed by atoms with Crippen molar-refractivity contribution >= 4 is 21.5 Å². The number of aryl methyl sites for hydroxylation is 1. The normalized spacial score (nSPS) is 11.2. The Balaban J connectivity index is 1.27. The van der Waals surface area contributed by atoms with Gasteiger partial charge in [0.1, 0.15) is 5.82 Å². The molecule has 51 heavy (non-hydrogen) atoms. The molecule has 9 aromatic rings. The summed E-state index contributed by atoms with van der Waals surface area (Å²) in [6.07, 6.45) is 3.74. The summed E-state index contributed by atoms with van der Waals surface area (Å²) in [5.41, 5.74) is 9.22. The van der Waals surface area contributed by atoms with E-state index in [0.29, 0.717) is 17.5 Å². The molecule has 0 N–H and O–H groups in total. The molecule has 0 radical (unpaired) electrons. The van der Waals surface area contributed by atoms with Crippen LogP contribution in [0.1, 0.15) is 5.82 Å². The van der Waals surface area contributed by atoms with E-state index in [-0.39, 0.29) is 0 Å². The fourth-order valence-corrected chi connectivity index (χ4v) is 6.71. The Bertz CT molecular complexity index is 2610. The molecular weight excluding hydrogens is 623 g/mol. The van der Waals surface area contributed by atoms with Gasteiger partial charge >= 0.3 is 0 Å². The van der Waals surface area contributed by atoms with Gasteiger partial charge in [-0.15, -0.1) is 0 Å². The van der Waals surface area contributed by atoms with Gasteiger partial charge in [-0.05, 0) is 80.6 Å². The van der Waals surface area contributed by atoms with Gasteiger partial charge in [-0.1, -0.05) is 133 Å². The number of hydrogen-bond donors (Lipinski definition) is 0. The molecule has 0 unspecified atom stereocenters. The lowest BCUT2D eigenvalue weighted by molar-refractivity contribution is 1.06. The van der Waals surface area contributed by atoms with Crippen LogP contribution in [0.25, 0.3) is 89.1 Å². The van der Waals surface area contributed by atoms with Crippen molar-refractivity contribution in [3.8, 4) is 67.5 Å². The second-order valence-corrected chi connectivity index (χ2v) is 12.6. The van der Waals surface area contributed by atoms with Crippen molar-refractivity contribution in [1.82, 2.24) is 24.9 Å². The Labute approximate surface area is 296 Å². The summed E-state index contributed by atoms with van der Waals surface area (Å²) in [7, 11) is 0. The van der Waals surface area contributed by atoms with Gasteiger partial charge in [-0.2, -0.15) is 0 Å². The topological polar surface area (TPSA) is 64.5 Å². The zero-order valence-corrected chi connectivity index (χ0v) is 27.9. The Morgan fingerprint density at radius 2 is 0.804 bits per heavy atom. The molecule has 0 fully saturated rings. The zero-order chi connectivity index (χ0) is 34.1. The fraction of sp³-hybridized carbons (Fsp3) is 0.0217. The highest BCUT2D eigenvalue weighted by atomic mass is 15.0. The summed E-state index contributed by atoms with van der Waals surface area (Å²) < 4.78 is 0. The second-order valence-electron chi connectivity index (χ2n) is 12.6. The van der Waals surface area contributed by atoms with Crippen molar-refractivity contribution in [1.29, 1.82) is 0 Å². The van der Waals surface area contributed by atoms with Gasteiger partial charge in [0.2, 0.25) is 0 Å². The highest BCUT2D eigenvalue weighted by Gasteiger charge is 2.16. The first-order chi connectivity index (χ1) is 25.2. The minimum Gasteiger partial charge on any atom is -0.241 e. The van der Waals surface area contributed by atoms with E-state index in [0.717, 1.165) is 55.9 Å². The summed E-state index contributed by atoms with van der Waals surface area (Å²) in [5.74, 6) is 2.63. The number of benzene rings is 7. The Morgan fingerprint density at radius 3 is 1.43 bits per heavy atom. The van der Waals surface area contributed by atoms with E-state index in [9.17, 15) is 0 Å². The smallest absolute Gasteiger partial charge is 0.164 e. The van der Waals surface area contributed by atoms with E-state index in [2.05, 4.69) is 107 Å². The summed E-state index contributed by atoms with van der Waals surface area (Å²) in [4.78, 5) is 24.0. The molecule has 0 atom stereocenters. The molecule has 0 saturated heterocycles. The molecule has 0 aliphatic rings. The van der Waals surface area contributed by atoms with Crippen molar-refractivity contribution in [3.05, 3.63) is 176 Å². The molecule has 7 aromatic carbocycles. The van der Waals surface area contributed by atoms with Crippen LogP contribution >= 0.6 is 0 Å². The maximum absolute atomic E-state index is 5.11. The van der Waals surface area contributed by atoms with Crippen molar-refractivity contribution in [3.63, 3.8) is 0 Å². The third-order valence-corrected chi connectivity index (χ3v) is 9.30. The predicted octanol–water partition coefficient (Wildman–Crippen LogP) is 11.3. The largest absolute Gasteiger partial charge is 0.241 e. The quantitative estimate of drug-likeness (QED) is 0.167. The lowest BCUT2D eigenvalue weighted by atomic mass is 9.90. The van der Waals surface area contributed by atoms with E-state index in [1.54, 1.807) is 0 Å². The van der Waals surface area contributed by atoms with Gasteiger partial charge < -0.3 is 0 Å². The fourth-order valence-electron chi connectivity index (χ4n) is 6.71. The van der Waals surface area contributed by atoms with Crippen molar-refractivity contribution < 1.29 is 0 Å². The highest BCUT2D eigenvalue weighted by molar-refractivity contribution is 6.14. The average Bonchev–Trinajstić information content (AvgIpc) is 3.21. The second kappa shape index (κ2) is 12.9. The molecular formula is C46H31N5. The first-order valence-electron chi connectivity index (χ1n) is 17.0. The molecule has 5 nitrogen and oxygen atoms in total. The van der Waals surface area contributed by atoms with Gasteiger partial charge in [0, 0.05) is 34.6 Å². The Kier molecular flexibility index (Phi) is 7.63. The number of nitrogens with zero attached hydrogens (tertiary/aromatic N) is 5. The van der Waals surface area contributed by atoms with Crippen LogP contribution in [0.3, 0.4) is 0 Å². The van der Waals surface area contributed by atoms with Crippen LogP contribution < -0.4 is 0 Å². The summed E-state index contributed by atoms with van der Waals surface area (Å²) in [6, 6.07) is 55.0. The van der Waals surface area contributed by atoms with Gasteiger partial charge in [-0.25, -0.2) is 24.9 Å². The molecule has 0 aliphatic heterocycles. The third-order valence-electron chi connectivity index (χ3n) is 9.30. The van der Waals surface area contributed by atoms with E-state index >= 15 is 0 Å². The molecule has 5 heteroatoms. The first kappa shape index (κ1) is 30.2. The lowest BCUT2D eigenvalue weighted by Crippen LogP contribution is -2.00. The Morgan fingerprint density at radius 1 is 0.333 bits per heavy atom. The Hall–Kier alpha value is -6.85. The van der Waals surface area contributed by atoms with E-state index in [4.69, 9.17) is 15.0 Å². The predicted molar refractivity (Wildman–Crippen MR) is 208 cm³/mol. The molecule has 0 bridgehead atoms. The standard InChI is InChI=1S/C46H31N5/c1-30-47-28-39(29-48-30)32-22-20-31(21-23-32)36-24-37(43-27-35-16-8-9-17-40(35)41-18-10-11-19-42(41)43)26-38(25-36)46-50-44(33-12-4-2-5-13-33)49-45(51-46)34-14-6-3-7-15-34/h2-29H,1H3. The van der Waals surface area contributed by atoms with Crippen LogP contribution in [0.4, 0.5) is 0 Å². The molecule has 0 aliphatic carbocycles. The minimum atomic E-state index is 0.615. The summed E-state index contributed by atoms with van der Waals surface area (Å²) >= 11 is 0. The maximum Gasteiger partial charge on any atom is 0.164 e. The highest BCUT2D eigenvalue weighted by Crippen LogP contribution is 2.39. The molecule has 0 saturated carbocycles. The molecule has 0 amide bonds. The third kappa shape index (κ3) is 5.91. The monoisotopic (exact) mass is 653 g/mol.